The first kappa shape index (κ1) is 18.4. The number of urea groups is 1. The first-order chi connectivity index (χ1) is 12.0. The Balaban J connectivity index is 1.44. The van der Waals surface area contributed by atoms with Gasteiger partial charge in [0.25, 0.3) is 0 Å². The highest BCUT2D eigenvalue weighted by Crippen LogP contribution is 2.20. The summed E-state index contributed by atoms with van der Waals surface area (Å²) in [6, 6.07) is 0.189. The number of hydrogen-bond acceptors (Lipinski definition) is 5. The summed E-state index contributed by atoms with van der Waals surface area (Å²) >= 11 is 0. The molecule has 2 saturated heterocycles. The minimum atomic E-state index is -1.33. The number of rotatable bonds is 3. The minimum absolute atomic E-state index is 0.189. The van der Waals surface area contributed by atoms with Gasteiger partial charge in [0.05, 0.1) is 0 Å². The molecule has 25 heavy (non-hydrogen) atoms. The van der Waals surface area contributed by atoms with Gasteiger partial charge in [0.2, 0.25) is 0 Å². The molecule has 0 saturated carbocycles. The topological polar surface area (TPSA) is 70.5 Å². The van der Waals surface area contributed by atoms with Crippen LogP contribution >= 0.6 is 0 Å². The average molecular weight is 348 g/mol. The average Bonchev–Trinajstić information content (AvgIpc) is 2.63. The van der Waals surface area contributed by atoms with Crippen molar-refractivity contribution in [2.75, 3.05) is 66.0 Å². The van der Waals surface area contributed by atoms with Gasteiger partial charge in [-0.2, -0.15) is 0 Å². The molecule has 0 aromatic carbocycles. The molecule has 3 aliphatic rings. The Morgan fingerprint density at radius 2 is 1.56 bits per heavy atom. The van der Waals surface area contributed by atoms with Crippen LogP contribution in [-0.2, 0) is 0 Å². The number of allylic oxidation sites excluding steroid dienone is 3. The Bertz CT molecular complexity index is 536. The summed E-state index contributed by atoms with van der Waals surface area (Å²) in [5.41, 5.74) is 2.01. The van der Waals surface area contributed by atoms with Gasteiger partial charge < -0.3 is 24.7 Å². The molecule has 2 aliphatic heterocycles. The summed E-state index contributed by atoms with van der Waals surface area (Å²) in [7, 11) is 0.766. The normalized spacial score (nSPS) is 23.3. The fraction of sp³-hybridized carbons (Fsp3) is 0.706. The number of amides is 2. The number of piperazine rings is 2. The third kappa shape index (κ3) is 4.85. The van der Waals surface area contributed by atoms with E-state index >= 15 is 0 Å². The van der Waals surface area contributed by atoms with E-state index in [2.05, 4.69) is 16.8 Å². The molecule has 7 nitrogen and oxygen atoms in total. The zero-order valence-electron chi connectivity index (χ0n) is 15.1. The van der Waals surface area contributed by atoms with Crippen molar-refractivity contribution in [1.29, 1.82) is 0 Å². The van der Waals surface area contributed by atoms with E-state index in [9.17, 15) is 14.8 Å². The molecule has 0 unspecified atom stereocenters. The van der Waals surface area contributed by atoms with Crippen molar-refractivity contribution in [2.24, 2.45) is 0 Å². The minimum Gasteiger partial charge on any atom is -0.423 e. The van der Waals surface area contributed by atoms with Crippen LogP contribution < -0.4 is 0 Å². The SMILES string of the molecule is CN1CCN(C(=O)N2CCN(CC3=CC=C(B(O)O)CC3)CC2)CC1. The zero-order chi connectivity index (χ0) is 17.8. The molecule has 0 radical (unpaired) electrons. The van der Waals surface area contributed by atoms with Crippen molar-refractivity contribution in [3.8, 4) is 0 Å². The molecule has 2 fully saturated rings. The second-order valence-electron chi connectivity index (χ2n) is 7.28. The molecule has 1 aliphatic carbocycles. The first-order valence-electron chi connectivity index (χ1n) is 9.22. The van der Waals surface area contributed by atoms with E-state index in [0.717, 1.165) is 65.3 Å². The second kappa shape index (κ2) is 8.36. The Kier molecular flexibility index (Phi) is 6.17. The molecule has 2 N–H and O–H groups in total. The van der Waals surface area contributed by atoms with E-state index in [1.807, 2.05) is 22.0 Å². The number of nitrogens with zero attached hydrogens (tertiary/aromatic N) is 4. The molecular formula is C17H29BN4O3. The van der Waals surface area contributed by atoms with Crippen molar-refractivity contribution in [2.45, 2.75) is 12.8 Å². The molecule has 2 heterocycles. The van der Waals surface area contributed by atoms with E-state index in [4.69, 9.17) is 0 Å². The molecule has 0 spiro atoms. The first-order valence-corrected chi connectivity index (χ1v) is 9.22. The number of hydrogen-bond donors (Lipinski definition) is 2. The Morgan fingerprint density at radius 1 is 0.960 bits per heavy atom. The molecule has 8 heteroatoms. The van der Waals surface area contributed by atoms with Crippen LogP contribution in [0.25, 0.3) is 0 Å². The monoisotopic (exact) mass is 348 g/mol. The van der Waals surface area contributed by atoms with Gasteiger partial charge in [-0.3, -0.25) is 4.90 Å². The molecule has 0 aromatic heterocycles. The van der Waals surface area contributed by atoms with Crippen LogP contribution in [0.3, 0.4) is 0 Å². The van der Waals surface area contributed by atoms with Gasteiger partial charge in [-0.25, -0.2) is 4.79 Å². The van der Waals surface area contributed by atoms with Crippen LogP contribution in [0.1, 0.15) is 12.8 Å². The van der Waals surface area contributed by atoms with Crippen LogP contribution in [0.2, 0.25) is 0 Å². The van der Waals surface area contributed by atoms with Crippen LogP contribution in [0.5, 0.6) is 0 Å². The molecule has 0 atom stereocenters. The highest BCUT2D eigenvalue weighted by Gasteiger charge is 2.27. The predicted molar refractivity (Wildman–Crippen MR) is 98.1 cm³/mol. The smallest absolute Gasteiger partial charge is 0.423 e. The maximum absolute atomic E-state index is 12.6. The maximum atomic E-state index is 12.6. The lowest BCUT2D eigenvalue weighted by molar-refractivity contribution is 0.0980. The van der Waals surface area contributed by atoms with E-state index in [0.29, 0.717) is 11.9 Å². The molecular weight excluding hydrogens is 319 g/mol. The van der Waals surface area contributed by atoms with Crippen molar-refractivity contribution in [3.63, 3.8) is 0 Å². The van der Waals surface area contributed by atoms with Crippen LogP contribution in [0.15, 0.2) is 23.2 Å². The van der Waals surface area contributed by atoms with E-state index in [1.54, 1.807) is 0 Å². The molecule has 2 amide bonds. The standard InChI is InChI=1S/C17H29BN4O3/c1-19-6-10-21(11-7-19)17(23)22-12-8-20(9-13-22)14-15-2-4-16(5-3-15)18(24)25/h2,4,24-25H,3,5-14H2,1H3. The summed E-state index contributed by atoms with van der Waals surface area (Å²) < 4.78 is 0. The zero-order valence-corrected chi connectivity index (χ0v) is 15.1. The quantitative estimate of drug-likeness (QED) is 0.681. The van der Waals surface area contributed by atoms with Gasteiger partial charge in [-0.1, -0.05) is 17.7 Å². The van der Waals surface area contributed by atoms with E-state index in [-0.39, 0.29) is 6.03 Å². The second-order valence-corrected chi connectivity index (χ2v) is 7.28. The summed E-state index contributed by atoms with van der Waals surface area (Å²) in [5, 5.41) is 18.4. The van der Waals surface area contributed by atoms with Crippen molar-refractivity contribution in [1.82, 2.24) is 19.6 Å². The summed E-state index contributed by atoms with van der Waals surface area (Å²) in [6.45, 7) is 7.84. The fourth-order valence-electron chi connectivity index (χ4n) is 3.63. The third-order valence-electron chi connectivity index (χ3n) is 5.44. The number of carbonyl (C=O) groups is 1. The number of carbonyl (C=O) groups excluding carboxylic acids is 1. The summed E-state index contributed by atoms with van der Waals surface area (Å²) in [4.78, 5) is 21.2. The fourth-order valence-corrected chi connectivity index (χ4v) is 3.63. The lowest BCUT2D eigenvalue weighted by Gasteiger charge is -2.40. The third-order valence-corrected chi connectivity index (χ3v) is 5.44. The summed E-state index contributed by atoms with van der Waals surface area (Å²) in [5.74, 6) is 0. The highest BCUT2D eigenvalue weighted by molar-refractivity contribution is 6.50. The Hall–Kier alpha value is -1.35. The van der Waals surface area contributed by atoms with Gasteiger partial charge in [0, 0.05) is 58.9 Å². The van der Waals surface area contributed by atoms with Crippen molar-refractivity contribution >= 4 is 13.1 Å². The molecule has 138 valence electrons. The van der Waals surface area contributed by atoms with Crippen molar-refractivity contribution in [3.05, 3.63) is 23.2 Å². The highest BCUT2D eigenvalue weighted by atomic mass is 16.4. The van der Waals surface area contributed by atoms with Gasteiger partial charge in [-0.05, 0) is 25.4 Å². The van der Waals surface area contributed by atoms with Crippen LogP contribution in [0.4, 0.5) is 4.79 Å². The largest absolute Gasteiger partial charge is 0.484 e. The maximum Gasteiger partial charge on any atom is 0.484 e. The van der Waals surface area contributed by atoms with Gasteiger partial charge >= 0.3 is 13.1 Å². The summed E-state index contributed by atoms with van der Waals surface area (Å²) in [6.07, 6.45) is 5.44. The van der Waals surface area contributed by atoms with Gasteiger partial charge in [-0.15, -0.1) is 0 Å². The Labute approximate surface area is 150 Å². The van der Waals surface area contributed by atoms with Crippen LogP contribution in [-0.4, -0.2) is 109 Å². The molecule has 0 bridgehead atoms. The van der Waals surface area contributed by atoms with Crippen molar-refractivity contribution < 1.29 is 14.8 Å². The number of likely N-dealkylation sites (N-methyl/N-ethyl adjacent to an activating group) is 1. The molecule has 3 rings (SSSR count). The predicted octanol–water partition coefficient (Wildman–Crippen LogP) is -0.370. The van der Waals surface area contributed by atoms with E-state index in [1.165, 1.54) is 5.57 Å². The van der Waals surface area contributed by atoms with Crippen LogP contribution in [0, 0.1) is 0 Å². The lowest BCUT2D eigenvalue weighted by atomic mass is 9.74. The molecule has 0 aromatic rings. The van der Waals surface area contributed by atoms with Gasteiger partial charge in [0.1, 0.15) is 0 Å². The van der Waals surface area contributed by atoms with E-state index < -0.39 is 7.12 Å². The van der Waals surface area contributed by atoms with Gasteiger partial charge in [0.15, 0.2) is 0 Å². The lowest BCUT2D eigenvalue weighted by Crippen LogP contribution is -2.56. The Morgan fingerprint density at radius 3 is 2.08 bits per heavy atom.